The van der Waals surface area contributed by atoms with Gasteiger partial charge in [-0.1, -0.05) is 24.3 Å². The van der Waals surface area contributed by atoms with Gasteiger partial charge in [-0.05, 0) is 48.9 Å². The molecule has 0 spiro atoms. The lowest BCUT2D eigenvalue weighted by atomic mass is 9.74. The number of anilines is 2. The van der Waals surface area contributed by atoms with Crippen LogP contribution in [0, 0.1) is 6.92 Å². The fourth-order valence-electron chi connectivity index (χ4n) is 3.12. The summed E-state index contributed by atoms with van der Waals surface area (Å²) in [5, 5.41) is 3.64. The first-order valence-electron chi connectivity index (χ1n) is 7.59. The molecular formula is C18H23N3. The number of aromatic nitrogens is 1. The zero-order valence-corrected chi connectivity index (χ0v) is 13.0. The van der Waals surface area contributed by atoms with Crippen molar-refractivity contribution in [3.8, 4) is 0 Å². The van der Waals surface area contributed by atoms with Gasteiger partial charge in [-0.15, -0.1) is 0 Å². The van der Waals surface area contributed by atoms with E-state index in [1.54, 1.807) is 0 Å². The number of nitrogens with one attached hydrogen (secondary N) is 1. The Kier molecular flexibility index (Phi) is 3.82. The minimum absolute atomic E-state index is 0.553. The second-order valence-corrected chi connectivity index (χ2v) is 6.14. The van der Waals surface area contributed by atoms with Crippen molar-refractivity contribution in [2.45, 2.75) is 31.7 Å². The van der Waals surface area contributed by atoms with Gasteiger partial charge in [0.2, 0.25) is 0 Å². The van der Waals surface area contributed by atoms with E-state index >= 15 is 0 Å². The molecule has 1 fully saturated rings. The highest BCUT2D eigenvalue weighted by Gasteiger charge is 2.31. The number of rotatable bonds is 4. The Morgan fingerprint density at radius 3 is 2.57 bits per heavy atom. The monoisotopic (exact) mass is 281 g/mol. The van der Waals surface area contributed by atoms with E-state index in [0.717, 1.165) is 11.5 Å². The summed E-state index contributed by atoms with van der Waals surface area (Å²) in [5.41, 5.74) is 4.06. The lowest BCUT2D eigenvalue weighted by Crippen LogP contribution is -2.34. The smallest absolute Gasteiger partial charge is 0.151 e. The van der Waals surface area contributed by atoms with Crippen LogP contribution in [-0.4, -0.2) is 25.1 Å². The van der Waals surface area contributed by atoms with Gasteiger partial charge in [-0.3, -0.25) is 0 Å². The van der Waals surface area contributed by atoms with Crippen LogP contribution < -0.4 is 10.2 Å². The van der Waals surface area contributed by atoms with Gasteiger partial charge in [0.1, 0.15) is 0 Å². The van der Waals surface area contributed by atoms with Crippen LogP contribution in [-0.2, 0) is 0 Å². The van der Waals surface area contributed by atoms with E-state index in [-0.39, 0.29) is 0 Å². The molecule has 1 aromatic heterocycles. The van der Waals surface area contributed by atoms with E-state index in [9.17, 15) is 0 Å². The highest BCUT2D eigenvalue weighted by atomic mass is 15.2. The quantitative estimate of drug-likeness (QED) is 0.923. The predicted molar refractivity (Wildman–Crippen MR) is 89.1 cm³/mol. The highest BCUT2D eigenvalue weighted by molar-refractivity contribution is 5.65. The molecule has 0 saturated heterocycles. The molecule has 0 bridgehead atoms. The second kappa shape index (κ2) is 5.76. The SMILES string of the molecule is Cc1ccccc1C1CC(Nc2cccnc2N(C)C)C1. The summed E-state index contributed by atoms with van der Waals surface area (Å²) in [6.45, 7) is 2.21. The number of aryl methyl sites for hydroxylation is 1. The van der Waals surface area contributed by atoms with E-state index in [1.165, 1.54) is 24.0 Å². The molecule has 3 nitrogen and oxygen atoms in total. The van der Waals surface area contributed by atoms with Gasteiger partial charge >= 0.3 is 0 Å². The van der Waals surface area contributed by atoms with Crippen molar-refractivity contribution in [2.75, 3.05) is 24.3 Å². The maximum atomic E-state index is 4.44. The van der Waals surface area contributed by atoms with Crippen molar-refractivity contribution in [2.24, 2.45) is 0 Å². The average Bonchev–Trinajstić information content (AvgIpc) is 2.44. The number of pyridine rings is 1. The standard InChI is InChI=1S/C18H23N3/c1-13-7-4-5-8-16(13)14-11-15(12-14)20-17-9-6-10-19-18(17)21(2)3/h4-10,14-15,20H,11-12H2,1-3H3. The normalized spacial score (nSPS) is 20.7. The van der Waals surface area contributed by atoms with Crippen LogP contribution >= 0.6 is 0 Å². The van der Waals surface area contributed by atoms with Gasteiger partial charge in [0.15, 0.2) is 5.82 Å². The Morgan fingerprint density at radius 1 is 1.10 bits per heavy atom. The number of hydrogen-bond acceptors (Lipinski definition) is 3. The Balaban J connectivity index is 1.64. The summed E-state index contributed by atoms with van der Waals surface area (Å²) >= 11 is 0. The van der Waals surface area contributed by atoms with Crippen molar-refractivity contribution >= 4 is 11.5 Å². The topological polar surface area (TPSA) is 28.2 Å². The molecule has 1 saturated carbocycles. The van der Waals surface area contributed by atoms with E-state index in [2.05, 4.69) is 52.5 Å². The third-order valence-corrected chi connectivity index (χ3v) is 4.34. The fraction of sp³-hybridized carbons (Fsp3) is 0.389. The summed E-state index contributed by atoms with van der Waals surface area (Å²) in [5.74, 6) is 1.71. The molecule has 0 unspecified atom stereocenters. The molecule has 110 valence electrons. The van der Waals surface area contributed by atoms with E-state index in [4.69, 9.17) is 0 Å². The average molecular weight is 281 g/mol. The van der Waals surface area contributed by atoms with Crippen LogP contribution in [0.4, 0.5) is 11.5 Å². The third-order valence-electron chi connectivity index (χ3n) is 4.34. The fourth-order valence-corrected chi connectivity index (χ4v) is 3.12. The van der Waals surface area contributed by atoms with E-state index < -0.39 is 0 Å². The van der Waals surface area contributed by atoms with Crippen molar-refractivity contribution in [3.05, 3.63) is 53.7 Å². The first kappa shape index (κ1) is 13.9. The molecule has 0 atom stereocenters. The highest BCUT2D eigenvalue weighted by Crippen LogP contribution is 2.40. The molecule has 1 N–H and O–H groups in total. The number of hydrogen-bond donors (Lipinski definition) is 1. The van der Waals surface area contributed by atoms with Crippen molar-refractivity contribution in [3.63, 3.8) is 0 Å². The van der Waals surface area contributed by atoms with Gasteiger partial charge < -0.3 is 10.2 Å². The first-order valence-corrected chi connectivity index (χ1v) is 7.59. The van der Waals surface area contributed by atoms with Crippen LogP contribution in [0.2, 0.25) is 0 Å². The van der Waals surface area contributed by atoms with Crippen LogP contribution in [0.1, 0.15) is 29.9 Å². The summed E-state index contributed by atoms with van der Waals surface area (Å²) < 4.78 is 0. The third kappa shape index (κ3) is 2.87. The van der Waals surface area contributed by atoms with Crippen LogP contribution in [0.5, 0.6) is 0 Å². The first-order chi connectivity index (χ1) is 10.1. The second-order valence-electron chi connectivity index (χ2n) is 6.14. The maximum Gasteiger partial charge on any atom is 0.151 e. The largest absolute Gasteiger partial charge is 0.379 e. The predicted octanol–water partition coefficient (Wildman–Crippen LogP) is 3.81. The molecule has 1 aliphatic carbocycles. The molecule has 1 aliphatic rings. The van der Waals surface area contributed by atoms with Crippen LogP contribution in [0.3, 0.4) is 0 Å². The van der Waals surface area contributed by atoms with Crippen LogP contribution in [0.25, 0.3) is 0 Å². The van der Waals surface area contributed by atoms with E-state index in [1.807, 2.05) is 26.4 Å². The maximum absolute atomic E-state index is 4.44. The molecule has 0 radical (unpaired) electrons. The molecule has 21 heavy (non-hydrogen) atoms. The molecule has 3 heteroatoms. The molecule has 1 heterocycles. The lowest BCUT2D eigenvalue weighted by Gasteiger charge is -2.38. The van der Waals surface area contributed by atoms with Gasteiger partial charge in [0.05, 0.1) is 5.69 Å². The summed E-state index contributed by atoms with van der Waals surface area (Å²) in [4.78, 5) is 6.50. The van der Waals surface area contributed by atoms with Gasteiger partial charge in [-0.2, -0.15) is 0 Å². The Hall–Kier alpha value is -2.03. The van der Waals surface area contributed by atoms with Crippen molar-refractivity contribution in [1.82, 2.24) is 4.98 Å². The van der Waals surface area contributed by atoms with Crippen molar-refractivity contribution < 1.29 is 0 Å². The molecule has 3 rings (SSSR count). The van der Waals surface area contributed by atoms with Crippen molar-refractivity contribution in [1.29, 1.82) is 0 Å². The van der Waals surface area contributed by atoms with Gasteiger partial charge in [-0.25, -0.2) is 4.98 Å². The Bertz CT molecular complexity index is 615. The van der Waals surface area contributed by atoms with Gasteiger partial charge in [0.25, 0.3) is 0 Å². The zero-order chi connectivity index (χ0) is 14.8. The van der Waals surface area contributed by atoms with E-state index in [0.29, 0.717) is 12.0 Å². The Morgan fingerprint density at radius 2 is 1.86 bits per heavy atom. The number of nitrogens with zero attached hydrogens (tertiary/aromatic N) is 2. The molecular weight excluding hydrogens is 258 g/mol. The minimum Gasteiger partial charge on any atom is -0.379 e. The molecule has 2 aromatic rings. The summed E-state index contributed by atoms with van der Waals surface area (Å²) in [6, 6.07) is 13.4. The Labute approximate surface area is 127 Å². The van der Waals surface area contributed by atoms with Gasteiger partial charge in [0, 0.05) is 26.3 Å². The van der Waals surface area contributed by atoms with Crippen LogP contribution in [0.15, 0.2) is 42.6 Å². The lowest BCUT2D eigenvalue weighted by molar-refractivity contribution is 0.373. The zero-order valence-electron chi connectivity index (χ0n) is 13.0. The number of benzene rings is 1. The molecule has 1 aromatic carbocycles. The molecule has 0 amide bonds. The minimum atomic E-state index is 0.553. The molecule has 0 aliphatic heterocycles. The summed E-state index contributed by atoms with van der Waals surface area (Å²) in [7, 11) is 4.06. The summed E-state index contributed by atoms with van der Waals surface area (Å²) in [6.07, 6.45) is 4.25.